The molecule has 194 valence electrons. The quantitative estimate of drug-likeness (QED) is 0.272. The van der Waals surface area contributed by atoms with Crippen LogP contribution in [-0.4, -0.2) is 38.5 Å². The van der Waals surface area contributed by atoms with Crippen LogP contribution in [0.4, 0.5) is 5.82 Å². The molecule has 0 aliphatic rings. The molecule has 1 atom stereocenters. The minimum Gasteiger partial charge on any atom is -0.368 e. The summed E-state index contributed by atoms with van der Waals surface area (Å²) < 4.78 is 1.52. The average Bonchev–Trinajstić information content (AvgIpc) is 3.33. The fourth-order valence-electron chi connectivity index (χ4n) is 3.71. The lowest BCUT2D eigenvalue weighted by molar-refractivity contribution is -0.128. The molecule has 0 aliphatic heterocycles. The zero-order valence-corrected chi connectivity index (χ0v) is 21.6. The van der Waals surface area contributed by atoms with Gasteiger partial charge in [0, 0.05) is 43.3 Å². The lowest BCUT2D eigenvalue weighted by Crippen LogP contribution is -2.46. The average molecular weight is 551 g/mol. The van der Waals surface area contributed by atoms with Gasteiger partial charge in [0.25, 0.3) is 0 Å². The molecule has 2 aromatic heterocycles. The summed E-state index contributed by atoms with van der Waals surface area (Å²) in [4.78, 5) is 41.3. The predicted molar refractivity (Wildman–Crippen MR) is 146 cm³/mol. The summed E-state index contributed by atoms with van der Waals surface area (Å²) in [5.41, 5.74) is 8.22. The van der Waals surface area contributed by atoms with Gasteiger partial charge in [0.2, 0.25) is 17.7 Å². The number of aromatic nitrogens is 3. The van der Waals surface area contributed by atoms with E-state index in [-0.39, 0.29) is 19.3 Å². The zero-order chi connectivity index (χ0) is 27.1. The lowest BCUT2D eigenvalue weighted by Gasteiger charge is -2.15. The van der Waals surface area contributed by atoms with Gasteiger partial charge in [0.15, 0.2) is 0 Å². The highest BCUT2D eigenvalue weighted by atomic mass is 35.5. The van der Waals surface area contributed by atoms with E-state index in [1.54, 1.807) is 42.7 Å². The Morgan fingerprint density at radius 1 is 0.921 bits per heavy atom. The SMILES string of the molecule is NC(=O)[C@H](Cc1ccccc1)NC(=O)CCC(=O)Nc1cc(-c2cccnc2)nn1-c1ccc(Cl)c(Cl)c1. The maximum Gasteiger partial charge on any atom is 0.240 e. The highest BCUT2D eigenvalue weighted by Gasteiger charge is 2.20. The van der Waals surface area contributed by atoms with Crippen molar-refractivity contribution in [1.29, 1.82) is 0 Å². The molecule has 2 aromatic carbocycles. The molecule has 4 aromatic rings. The Balaban J connectivity index is 1.45. The molecule has 0 unspecified atom stereocenters. The van der Waals surface area contributed by atoms with Gasteiger partial charge in [-0.15, -0.1) is 0 Å². The molecule has 9 nitrogen and oxygen atoms in total. The van der Waals surface area contributed by atoms with Crippen LogP contribution >= 0.6 is 23.2 Å². The standard InChI is InChI=1S/C27H24Cl2N6O3/c28-20-9-8-19(14-21(20)29)35-24(15-22(34-35)18-7-4-12-31-16-18)33-26(37)11-10-25(36)32-23(27(30)38)13-17-5-2-1-3-6-17/h1-9,12,14-16,23H,10-11,13H2,(H2,30,38)(H,32,36)(H,33,37)/t23-/m0/s1. The number of halogens is 2. The van der Waals surface area contributed by atoms with Crippen LogP contribution in [0.5, 0.6) is 0 Å². The van der Waals surface area contributed by atoms with Crippen LogP contribution in [0.3, 0.4) is 0 Å². The van der Waals surface area contributed by atoms with E-state index in [1.807, 2.05) is 36.4 Å². The second-order valence-corrected chi connectivity index (χ2v) is 9.24. The van der Waals surface area contributed by atoms with Gasteiger partial charge in [-0.05, 0) is 35.9 Å². The van der Waals surface area contributed by atoms with Crippen LogP contribution in [0.2, 0.25) is 10.0 Å². The van der Waals surface area contributed by atoms with Gasteiger partial charge < -0.3 is 16.4 Å². The van der Waals surface area contributed by atoms with E-state index in [0.717, 1.165) is 11.1 Å². The molecule has 0 bridgehead atoms. The summed E-state index contributed by atoms with van der Waals surface area (Å²) in [6.07, 6.45) is 3.30. The fourth-order valence-corrected chi connectivity index (χ4v) is 4.00. The van der Waals surface area contributed by atoms with E-state index in [4.69, 9.17) is 28.9 Å². The molecule has 0 saturated carbocycles. The van der Waals surface area contributed by atoms with Crippen LogP contribution in [0.1, 0.15) is 18.4 Å². The van der Waals surface area contributed by atoms with Gasteiger partial charge in [-0.25, -0.2) is 4.68 Å². The minimum absolute atomic E-state index is 0.128. The number of carbonyl (C=O) groups excluding carboxylic acids is 3. The number of pyridine rings is 1. The van der Waals surface area contributed by atoms with Gasteiger partial charge in [0.05, 0.1) is 21.4 Å². The number of anilines is 1. The van der Waals surface area contributed by atoms with Gasteiger partial charge in [-0.2, -0.15) is 5.10 Å². The maximum atomic E-state index is 12.8. The molecule has 0 spiro atoms. The second-order valence-electron chi connectivity index (χ2n) is 8.43. The van der Waals surface area contributed by atoms with E-state index in [9.17, 15) is 14.4 Å². The summed E-state index contributed by atoms with van der Waals surface area (Å²) in [5.74, 6) is -1.17. The third kappa shape index (κ3) is 6.96. The third-order valence-electron chi connectivity index (χ3n) is 5.62. The molecule has 0 radical (unpaired) electrons. The number of hydrogen-bond donors (Lipinski definition) is 3. The molecule has 0 aliphatic carbocycles. The molecule has 4 rings (SSSR count). The van der Waals surface area contributed by atoms with Crippen molar-refractivity contribution >= 4 is 46.7 Å². The number of rotatable bonds is 10. The first kappa shape index (κ1) is 26.8. The third-order valence-corrected chi connectivity index (χ3v) is 6.36. The summed E-state index contributed by atoms with van der Waals surface area (Å²) in [6, 6.07) is 18.6. The number of hydrogen-bond acceptors (Lipinski definition) is 5. The Morgan fingerprint density at radius 2 is 1.68 bits per heavy atom. The highest BCUT2D eigenvalue weighted by molar-refractivity contribution is 6.42. The van der Waals surface area contributed by atoms with Crippen molar-refractivity contribution in [3.63, 3.8) is 0 Å². The van der Waals surface area contributed by atoms with Crippen molar-refractivity contribution in [2.75, 3.05) is 5.32 Å². The number of carbonyl (C=O) groups is 3. The van der Waals surface area contributed by atoms with Gasteiger partial charge in [0.1, 0.15) is 11.9 Å². The number of nitrogens with two attached hydrogens (primary N) is 1. The van der Waals surface area contributed by atoms with Crippen molar-refractivity contribution < 1.29 is 14.4 Å². The molecule has 38 heavy (non-hydrogen) atoms. The maximum absolute atomic E-state index is 12.8. The van der Waals surface area contributed by atoms with Crippen LogP contribution in [-0.2, 0) is 20.8 Å². The molecule has 4 N–H and O–H groups in total. The molecular weight excluding hydrogens is 527 g/mol. The first-order valence-corrected chi connectivity index (χ1v) is 12.4. The lowest BCUT2D eigenvalue weighted by atomic mass is 10.1. The zero-order valence-electron chi connectivity index (χ0n) is 20.1. The highest BCUT2D eigenvalue weighted by Crippen LogP contribution is 2.28. The monoisotopic (exact) mass is 550 g/mol. The van der Waals surface area contributed by atoms with Gasteiger partial charge in [-0.1, -0.05) is 53.5 Å². The van der Waals surface area contributed by atoms with Crippen LogP contribution in [0.15, 0.2) is 79.1 Å². The Morgan fingerprint density at radius 3 is 2.37 bits per heavy atom. The number of nitrogens with zero attached hydrogens (tertiary/aromatic N) is 3. The Kier molecular flexibility index (Phi) is 8.73. The topological polar surface area (TPSA) is 132 Å². The number of nitrogens with one attached hydrogen (secondary N) is 2. The number of primary amides is 1. The van der Waals surface area contributed by atoms with Crippen molar-refractivity contribution in [2.24, 2.45) is 5.73 Å². The summed E-state index contributed by atoms with van der Waals surface area (Å²) in [7, 11) is 0. The molecule has 11 heteroatoms. The molecule has 0 fully saturated rings. The number of benzene rings is 2. The first-order chi connectivity index (χ1) is 18.3. The van der Waals surface area contributed by atoms with Gasteiger partial charge in [-0.3, -0.25) is 19.4 Å². The van der Waals surface area contributed by atoms with E-state index < -0.39 is 23.8 Å². The van der Waals surface area contributed by atoms with E-state index in [0.29, 0.717) is 27.2 Å². The smallest absolute Gasteiger partial charge is 0.240 e. The molecular formula is C27H24Cl2N6O3. The molecule has 3 amide bonds. The molecule has 0 saturated heterocycles. The predicted octanol–water partition coefficient (Wildman–Crippen LogP) is 4.17. The van der Waals surface area contributed by atoms with Crippen LogP contribution in [0.25, 0.3) is 16.9 Å². The molecule has 2 heterocycles. The van der Waals surface area contributed by atoms with Crippen molar-refractivity contribution in [3.05, 3.63) is 94.7 Å². The van der Waals surface area contributed by atoms with Crippen molar-refractivity contribution in [3.8, 4) is 16.9 Å². The fraction of sp³-hybridized carbons (Fsp3) is 0.148. The van der Waals surface area contributed by atoms with Gasteiger partial charge >= 0.3 is 0 Å². The number of amides is 3. The summed E-state index contributed by atoms with van der Waals surface area (Å²) >= 11 is 12.3. The minimum atomic E-state index is -0.883. The van der Waals surface area contributed by atoms with E-state index in [2.05, 4.69) is 20.7 Å². The summed E-state index contributed by atoms with van der Waals surface area (Å²) in [5, 5.41) is 10.7. The first-order valence-electron chi connectivity index (χ1n) is 11.7. The Hall–Kier alpha value is -4.21. The largest absolute Gasteiger partial charge is 0.368 e. The Bertz CT molecular complexity index is 1440. The normalized spacial score (nSPS) is 11.5. The van der Waals surface area contributed by atoms with Crippen LogP contribution < -0.4 is 16.4 Å². The van der Waals surface area contributed by atoms with E-state index >= 15 is 0 Å². The summed E-state index contributed by atoms with van der Waals surface area (Å²) in [6.45, 7) is 0. The van der Waals surface area contributed by atoms with E-state index in [1.165, 1.54) is 4.68 Å². The van der Waals surface area contributed by atoms with Crippen molar-refractivity contribution in [2.45, 2.75) is 25.3 Å². The second kappa shape index (κ2) is 12.4. The van der Waals surface area contributed by atoms with Crippen LogP contribution in [0, 0.1) is 0 Å². The van der Waals surface area contributed by atoms with Crippen molar-refractivity contribution in [1.82, 2.24) is 20.1 Å². The Labute approximate surface area is 229 Å².